The number of aromatic nitrogens is 1. The van der Waals surface area contributed by atoms with Crippen LogP contribution in [0, 0.1) is 11.3 Å². The Hall–Kier alpha value is -1.90. The first-order valence-corrected chi connectivity index (χ1v) is 8.21. The van der Waals surface area contributed by atoms with Gasteiger partial charge in [0, 0.05) is 18.5 Å². The van der Waals surface area contributed by atoms with Gasteiger partial charge in [-0.1, -0.05) is 13.8 Å². The third-order valence-corrected chi connectivity index (χ3v) is 4.62. The zero-order chi connectivity index (χ0) is 16.6. The minimum atomic E-state index is -0.251. The molecule has 1 heterocycles. The number of hydrogen-bond donors (Lipinski definition) is 1. The van der Waals surface area contributed by atoms with Crippen LogP contribution in [-0.4, -0.2) is 34.2 Å². The molecule has 1 aromatic heterocycles. The van der Waals surface area contributed by atoms with Crippen LogP contribution in [0.2, 0.25) is 0 Å². The fraction of sp³-hybridized carbons (Fsp3) is 0.556. The Morgan fingerprint density at radius 3 is 2.83 bits per heavy atom. The molecule has 0 unspecified atom stereocenters. The summed E-state index contributed by atoms with van der Waals surface area (Å²) in [7, 11) is 2.03. The molecule has 122 valence electrons. The van der Waals surface area contributed by atoms with E-state index in [-0.39, 0.29) is 18.1 Å². The van der Waals surface area contributed by atoms with E-state index in [1.54, 1.807) is 0 Å². The van der Waals surface area contributed by atoms with Gasteiger partial charge >= 0.3 is 0 Å². The van der Waals surface area contributed by atoms with E-state index >= 15 is 0 Å². The lowest BCUT2D eigenvalue weighted by molar-refractivity contribution is 0.0825. The van der Waals surface area contributed by atoms with E-state index in [0.717, 1.165) is 30.3 Å². The van der Waals surface area contributed by atoms with Crippen LogP contribution in [0.3, 0.4) is 0 Å². The van der Waals surface area contributed by atoms with Gasteiger partial charge in [-0.15, -0.1) is 0 Å². The zero-order valence-electron chi connectivity index (χ0n) is 13.9. The molecule has 0 spiro atoms. The molecule has 2 aromatic rings. The van der Waals surface area contributed by atoms with Crippen molar-refractivity contribution >= 4 is 11.1 Å². The zero-order valence-corrected chi connectivity index (χ0v) is 13.9. The van der Waals surface area contributed by atoms with E-state index in [0.29, 0.717) is 23.6 Å². The number of aliphatic hydroxyl groups excluding tert-OH is 1. The van der Waals surface area contributed by atoms with Gasteiger partial charge < -0.3 is 9.52 Å². The maximum atomic E-state index is 10.1. The lowest BCUT2D eigenvalue weighted by Gasteiger charge is -2.27. The van der Waals surface area contributed by atoms with Crippen LogP contribution in [0.4, 0.5) is 0 Å². The fourth-order valence-electron chi connectivity index (χ4n) is 3.37. The highest BCUT2D eigenvalue weighted by molar-refractivity contribution is 5.80. The number of rotatable bonds is 4. The van der Waals surface area contributed by atoms with Crippen LogP contribution >= 0.6 is 0 Å². The number of aliphatic hydroxyl groups is 1. The molecule has 0 aliphatic heterocycles. The van der Waals surface area contributed by atoms with Gasteiger partial charge in [0.05, 0.1) is 11.7 Å². The highest BCUT2D eigenvalue weighted by atomic mass is 16.3. The largest absolute Gasteiger partial charge is 0.439 e. The van der Waals surface area contributed by atoms with Crippen molar-refractivity contribution in [2.45, 2.75) is 57.7 Å². The molecule has 0 amide bonds. The summed E-state index contributed by atoms with van der Waals surface area (Å²) in [5, 5.41) is 19.5. The molecule has 5 nitrogen and oxygen atoms in total. The van der Waals surface area contributed by atoms with E-state index in [1.165, 1.54) is 0 Å². The smallest absolute Gasteiger partial charge is 0.198 e. The number of nitrogens with zero attached hydrogens (tertiary/aromatic N) is 3. The molecule has 23 heavy (non-hydrogen) atoms. The molecule has 3 rings (SSSR count). The van der Waals surface area contributed by atoms with Gasteiger partial charge in [-0.25, -0.2) is 4.98 Å². The molecule has 1 aliphatic carbocycles. The minimum Gasteiger partial charge on any atom is -0.439 e. The summed E-state index contributed by atoms with van der Waals surface area (Å²) in [6.45, 7) is 4.73. The van der Waals surface area contributed by atoms with E-state index < -0.39 is 0 Å². The van der Waals surface area contributed by atoms with Gasteiger partial charge in [-0.3, -0.25) is 4.90 Å². The lowest BCUT2D eigenvalue weighted by atomic mass is 10.1. The van der Waals surface area contributed by atoms with Crippen molar-refractivity contribution in [2.75, 3.05) is 7.05 Å². The number of fused-ring (bicyclic) bond motifs is 1. The fourth-order valence-corrected chi connectivity index (χ4v) is 3.37. The van der Waals surface area contributed by atoms with Gasteiger partial charge in [-0.05, 0) is 44.0 Å². The van der Waals surface area contributed by atoms with Crippen LogP contribution < -0.4 is 0 Å². The summed E-state index contributed by atoms with van der Waals surface area (Å²) in [6.07, 6.45) is 2.71. The first kappa shape index (κ1) is 16.0. The first-order chi connectivity index (χ1) is 11.0. The standard InChI is InChI=1S/C18H23N3O2/c1-11(2)18-20-14-8-12(7-13(9-19)17(14)23-18)10-21(3)15-5-4-6-16(15)22/h7-8,11,15-16,22H,4-6,10H2,1-3H3/t15-,16-/m1/s1. The Balaban J connectivity index is 1.90. The van der Waals surface area contributed by atoms with Crippen molar-refractivity contribution in [3.8, 4) is 6.07 Å². The summed E-state index contributed by atoms with van der Waals surface area (Å²) in [4.78, 5) is 6.69. The molecular weight excluding hydrogens is 290 g/mol. The normalized spacial score (nSPS) is 21.4. The Labute approximate surface area is 136 Å². The molecule has 0 saturated heterocycles. The quantitative estimate of drug-likeness (QED) is 0.938. The molecule has 1 aromatic carbocycles. The predicted octanol–water partition coefficient (Wildman–Crippen LogP) is 3.17. The number of likely N-dealkylation sites (N-methyl/N-ethyl adjacent to an activating group) is 1. The SMILES string of the molecule is CC(C)c1nc2cc(CN(C)[C@@H]3CCC[C@H]3O)cc(C#N)c2o1. The highest BCUT2D eigenvalue weighted by Gasteiger charge is 2.28. The highest BCUT2D eigenvalue weighted by Crippen LogP contribution is 2.28. The van der Waals surface area contributed by atoms with Crippen molar-refractivity contribution in [3.63, 3.8) is 0 Å². The summed E-state index contributed by atoms with van der Waals surface area (Å²) in [6, 6.07) is 6.27. The third-order valence-electron chi connectivity index (χ3n) is 4.62. The molecule has 1 aliphatic rings. The van der Waals surface area contributed by atoms with Crippen LogP contribution in [-0.2, 0) is 6.54 Å². The monoisotopic (exact) mass is 313 g/mol. The van der Waals surface area contributed by atoms with E-state index in [4.69, 9.17) is 4.42 Å². The van der Waals surface area contributed by atoms with Crippen molar-refractivity contribution in [2.24, 2.45) is 0 Å². The Bertz CT molecular complexity index is 745. The second-order valence-electron chi connectivity index (χ2n) is 6.79. The van der Waals surface area contributed by atoms with Crippen molar-refractivity contribution in [1.82, 2.24) is 9.88 Å². The third kappa shape index (κ3) is 3.10. The Kier molecular flexibility index (Phi) is 4.38. The summed E-state index contributed by atoms with van der Waals surface area (Å²) in [5.74, 6) is 0.849. The average Bonchev–Trinajstić information content (AvgIpc) is 3.12. The molecule has 1 saturated carbocycles. The van der Waals surface area contributed by atoms with Crippen LogP contribution in [0.15, 0.2) is 16.5 Å². The molecule has 5 heteroatoms. The maximum Gasteiger partial charge on any atom is 0.198 e. The maximum absolute atomic E-state index is 10.1. The van der Waals surface area contributed by atoms with Crippen LogP contribution in [0.1, 0.15) is 56.0 Å². The summed E-state index contributed by atoms with van der Waals surface area (Å²) >= 11 is 0. The van der Waals surface area contributed by atoms with Crippen molar-refractivity contribution < 1.29 is 9.52 Å². The van der Waals surface area contributed by atoms with Gasteiger partial charge in [0.2, 0.25) is 0 Å². The van der Waals surface area contributed by atoms with Gasteiger partial charge in [0.25, 0.3) is 0 Å². The molecule has 1 fully saturated rings. The average molecular weight is 313 g/mol. The second-order valence-corrected chi connectivity index (χ2v) is 6.79. The molecule has 2 atom stereocenters. The second kappa shape index (κ2) is 6.31. The first-order valence-electron chi connectivity index (χ1n) is 8.21. The van der Waals surface area contributed by atoms with E-state index in [9.17, 15) is 10.4 Å². The van der Waals surface area contributed by atoms with E-state index in [2.05, 4.69) is 16.0 Å². The number of hydrogen-bond acceptors (Lipinski definition) is 5. The predicted molar refractivity (Wildman–Crippen MR) is 87.9 cm³/mol. The molecular formula is C18H23N3O2. The number of nitriles is 1. The van der Waals surface area contributed by atoms with Crippen molar-refractivity contribution in [3.05, 3.63) is 29.2 Å². The Morgan fingerprint density at radius 2 is 2.22 bits per heavy atom. The summed E-state index contributed by atoms with van der Waals surface area (Å²) < 4.78 is 5.74. The van der Waals surface area contributed by atoms with Crippen LogP contribution in [0.25, 0.3) is 11.1 Å². The molecule has 0 radical (unpaired) electrons. The van der Waals surface area contributed by atoms with Crippen LogP contribution in [0.5, 0.6) is 0 Å². The van der Waals surface area contributed by atoms with E-state index in [1.807, 2.05) is 33.0 Å². The number of benzene rings is 1. The summed E-state index contributed by atoms with van der Waals surface area (Å²) in [5.41, 5.74) is 2.86. The minimum absolute atomic E-state index is 0.189. The van der Waals surface area contributed by atoms with Gasteiger partial charge in [-0.2, -0.15) is 5.26 Å². The Morgan fingerprint density at radius 1 is 1.43 bits per heavy atom. The number of oxazole rings is 1. The lowest BCUT2D eigenvalue weighted by Crippen LogP contribution is -2.36. The van der Waals surface area contributed by atoms with Crippen molar-refractivity contribution in [1.29, 1.82) is 5.26 Å². The molecule has 1 N–H and O–H groups in total. The van der Waals surface area contributed by atoms with Gasteiger partial charge in [0.15, 0.2) is 11.5 Å². The topological polar surface area (TPSA) is 73.3 Å². The van der Waals surface area contributed by atoms with Gasteiger partial charge in [0.1, 0.15) is 11.6 Å². The molecule has 0 bridgehead atoms.